The minimum Gasteiger partial charge on any atom is -0.493 e. The maximum absolute atomic E-state index is 12.7. The summed E-state index contributed by atoms with van der Waals surface area (Å²) in [7, 11) is 3.17. The highest BCUT2D eigenvalue weighted by atomic mass is 35.5. The minimum atomic E-state index is -0.315. The second-order valence-corrected chi connectivity index (χ2v) is 7.35. The second-order valence-electron chi connectivity index (χ2n) is 6.99. The van der Waals surface area contributed by atoms with Gasteiger partial charge >= 0.3 is 0 Å². The first-order valence-electron chi connectivity index (χ1n) is 9.72. The maximum Gasteiger partial charge on any atom is 0.242 e. The van der Waals surface area contributed by atoms with E-state index in [0.717, 1.165) is 22.2 Å². The average Bonchev–Trinajstić information content (AvgIpc) is 3.23. The van der Waals surface area contributed by atoms with Crippen LogP contribution in [0.3, 0.4) is 0 Å². The summed E-state index contributed by atoms with van der Waals surface area (Å²) in [5.74, 6) is 1.13. The van der Waals surface area contributed by atoms with E-state index in [-0.39, 0.29) is 11.9 Å². The number of methoxy groups -OCH3 is 2. The second kappa shape index (κ2) is 8.32. The number of nitrogens with zero attached hydrogens (tertiary/aromatic N) is 3. The summed E-state index contributed by atoms with van der Waals surface area (Å²) in [4.78, 5) is 17.2. The molecule has 1 aromatic heterocycles. The van der Waals surface area contributed by atoms with Crippen molar-refractivity contribution in [3.63, 3.8) is 0 Å². The molecule has 1 amide bonds. The van der Waals surface area contributed by atoms with E-state index in [1.165, 1.54) is 5.01 Å². The van der Waals surface area contributed by atoms with Gasteiger partial charge in [0, 0.05) is 29.9 Å². The van der Waals surface area contributed by atoms with Crippen molar-refractivity contribution in [1.29, 1.82) is 0 Å². The van der Waals surface area contributed by atoms with Gasteiger partial charge in [0.25, 0.3) is 0 Å². The Hall–Kier alpha value is -3.12. The Bertz CT molecular complexity index is 1130. The Labute approximate surface area is 180 Å². The van der Waals surface area contributed by atoms with E-state index < -0.39 is 0 Å². The van der Waals surface area contributed by atoms with Gasteiger partial charge in [-0.2, -0.15) is 5.10 Å². The highest BCUT2D eigenvalue weighted by molar-refractivity contribution is 6.30. The summed E-state index contributed by atoms with van der Waals surface area (Å²) in [5, 5.41) is 7.37. The third-order valence-electron chi connectivity index (χ3n) is 5.24. The third-order valence-corrected chi connectivity index (χ3v) is 5.54. The van der Waals surface area contributed by atoms with Gasteiger partial charge in [0.05, 0.1) is 31.5 Å². The van der Waals surface area contributed by atoms with Crippen LogP contribution in [0.25, 0.3) is 10.9 Å². The van der Waals surface area contributed by atoms with Crippen LogP contribution in [0.5, 0.6) is 11.5 Å². The van der Waals surface area contributed by atoms with E-state index >= 15 is 0 Å². The molecule has 0 spiro atoms. The molecule has 3 aromatic rings. The molecule has 0 aliphatic carbocycles. The Morgan fingerprint density at radius 3 is 2.50 bits per heavy atom. The maximum atomic E-state index is 12.7. The van der Waals surface area contributed by atoms with Crippen LogP contribution in [0.4, 0.5) is 0 Å². The number of ether oxygens (including phenoxy) is 2. The number of benzene rings is 2. The number of carbonyl (C=O) groups excluding carboxylic acids is 1. The lowest BCUT2D eigenvalue weighted by Gasteiger charge is -2.22. The number of halogens is 1. The molecule has 2 aromatic carbocycles. The van der Waals surface area contributed by atoms with Crippen molar-refractivity contribution < 1.29 is 14.3 Å². The van der Waals surface area contributed by atoms with E-state index in [4.69, 9.17) is 21.1 Å². The lowest BCUT2D eigenvalue weighted by Crippen LogP contribution is -2.26. The van der Waals surface area contributed by atoms with Crippen LogP contribution < -0.4 is 9.47 Å². The van der Waals surface area contributed by atoms with E-state index in [1.807, 2.05) is 49.4 Å². The van der Waals surface area contributed by atoms with E-state index in [2.05, 4.69) is 10.1 Å². The van der Waals surface area contributed by atoms with E-state index in [0.29, 0.717) is 35.0 Å². The first-order chi connectivity index (χ1) is 14.5. The number of hydrogen-bond acceptors (Lipinski definition) is 5. The van der Waals surface area contributed by atoms with Crippen molar-refractivity contribution >= 4 is 34.1 Å². The SMILES string of the molecule is CCC(=O)N1N=C(c2ccccc2)C[C@@H]1c1cc2cc(OC)c(OC)cc2nc1Cl. The monoisotopic (exact) mass is 423 g/mol. The molecule has 154 valence electrons. The van der Waals surface area contributed by atoms with Gasteiger partial charge in [0.2, 0.25) is 5.91 Å². The number of hydrogen-bond donors (Lipinski definition) is 0. The number of rotatable bonds is 5. The zero-order valence-electron chi connectivity index (χ0n) is 17.1. The largest absolute Gasteiger partial charge is 0.493 e. The molecule has 0 saturated carbocycles. The molecule has 0 N–H and O–H groups in total. The molecular weight excluding hydrogens is 402 g/mol. The van der Waals surface area contributed by atoms with Crippen molar-refractivity contribution in [2.75, 3.05) is 14.2 Å². The van der Waals surface area contributed by atoms with Crippen LogP contribution in [0, 0.1) is 0 Å². The fourth-order valence-electron chi connectivity index (χ4n) is 3.68. The molecule has 2 heterocycles. The fraction of sp³-hybridized carbons (Fsp3) is 0.261. The molecule has 0 saturated heterocycles. The third kappa shape index (κ3) is 3.59. The highest BCUT2D eigenvalue weighted by Crippen LogP contribution is 2.39. The molecule has 0 fully saturated rings. The van der Waals surface area contributed by atoms with Gasteiger partial charge in [0.1, 0.15) is 5.15 Å². The topological polar surface area (TPSA) is 64.0 Å². The molecule has 30 heavy (non-hydrogen) atoms. The molecule has 1 atom stereocenters. The predicted octanol–water partition coefficient (Wildman–Crippen LogP) is 4.99. The number of pyridine rings is 1. The molecular formula is C23H22ClN3O3. The van der Waals surface area contributed by atoms with Crippen LogP contribution in [-0.4, -0.2) is 35.8 Å². The number of amides is 1. The van der Waals surface area contributed by atoms with Gasteiger partial charge in [-0.1, -0.05) is 48.9 Å². The van der Waals surface area contributed by atoms with Crippen molar-refractivity contribution in [2.24, 2.45) is 5.10 Å². The van der Waals surface area contributed by atoms with Gasteiger partial charge in [-0.15, -0.1) is 0 Å². The summed E-state index contributed by atoms with van der Waals surface area (Å²) < 4.78 is 10.8. The van der Waals surface area contributed by atoms with Gasteiger partial charge in [-0.3, -0.25) is 4.79 Å². The Balaban J connectivity index is 1.79. The van der Waals surface area contributed by atoms with Gasteiger partial charge in [0.15, 0.2) is 11.5 Å². The first-order valence-corrected chi connectivity index (χ1v) is 10.1. The van der Waals surface area contributed by atoms with E-state index in [9.17, 15) is 4.79 Å². The van der Waals surface area contributed by atoms with Crippen LogP contribution >= 0.6 is 11.6 Å². The lowest BCUT2D eigenvalue weighted by molar-refractivity contribution is -0.132. The first kappa shape index (κ1) is 20.2. The standard InChI is InChI=1S/C23H22ClN3O3/c1-4-22(28)27-19(12-18(26-27)14-8-6-5-7-9-14)16-10-15-11-20(29-2)21(30-3)13-17(15)25-23(16)24/h5-11,13,19H,4,12H2,1-3H3/t19-/m1/s1. The average molecular weight is 424 g/mol. The summed E-state index contributed by atoms with van der Waals surface area (Å²) in [6.45, 7) is 1.83. The smallest absolute Gasteiger partial charge is 0.242 e. The zero-order valence-corrected chi connectivity index (χ0v) is 17.8. The summed E-state index contributed by atoms with van der Waals surface area (Å²) >= 11 is 6.59. The minimum absolute atomic E-state index is 0.0607. The number of carbonyl (C=O) groups is 1. The number of fused-ring (bicyclic) bond motifs is 1. The molecule has 7 heteroatoms. The molecule has 1 aliphatic heterocycles. The van der Waals surface area contributed by atoms with Crippen LogP contribution in [0.2, 0.25) is 5.15 Å². The highest BCUT2D eigenvalue weighted by Gasteiger charge is 2.34. The summed E-state index contributed by atoms with van der Waals surface area (Å²) in [5.41, 5.74) is 3.29. The quantitative estimate of drug-likeness (QED) is 0.542. The number of aromatic nitrogens is 1. The molecule has 0 bridgehead atoms. The van der Waals surface area contributed by atoms with Crippen LogP contribution in [-0.2, 0) is 4.79 Å². The normalized spacial score (nSPS) is 15.9. The van der Waals surface area contributed by atoms with Crippen molar-refractivity contribution in [3.05, 3.63) is 64.8 Å². The van der Waals surface area contributed by atoms with Crippen molar-refractivity contribution in [3.8, 4) is 11.5 Å². The van der Waals surface area contributed by atoms with E-state index in [1.54, 1.807) is 20.3 Å². The van der Waals surface area contributed by atoms with Gasteiger partial charge < -0.3 is 9.47 Å². The molecule has 4 rings (SSSR count). The lowest BCUT2D eigenvalue weighted by atomic mass is 9.98. The Morgan fingerprint density at radius 2 is 1.83 bits per heavy atom. The fourth-order valence-corrected chi connectivity index (χ4v) is 3.95. The van der Waals surface area contributed by atoms with Gasteiger partial charge in [-0.05, 0) is 17.7 Å². The Kier molecular flexibility index (Phi) is 5.59. The summed E-state index contributed by atoms with van der Waals surface area (Å²) in [6.07, 6.45) is 0.918. The van der Waals surface area contributed by atoms with Crippen molar-refractivity contribution in [2.45, 2.75) is 25.8 Å². The molecule has 6 nitrogen and oxygen atoms in total. The molecule has 0 unspecified atom stereocenters. The Morgan fingerprint density at radius 1 is 1.13 bits per heavy atom. The van der Waals surface area contributed by atoms with Crippen LogP contribution in [0.15, 0.2) is 53.6 Å². The predicted molar refractivity (Wildman–Crippen MR) is 117 cm³/mol. The van der Waals surface area contributed by atoms with Crippen molar-refractivity contribution in [1.82, 2.24) is 9.99 Å². The molecule has 1 aliphatic rings. The summed E-state index contributed by atoms with van der Waals surface area (Å²) in [6, 6.07) is 15.2. The zero-order chi connectivity index (χ0) is 21.3. The number of hydrazone groups is 1. The van der Waals surface area contributed by atoms with Crippen LogP contribution in [0.1, 0.15) is 36.9 Å². The van der Waals surface area contributed by atoms with Gasteiger partial charge in [-0.25, -0.2) is 9.99 Å². The molecule has 0 radical (unpaired) electrons.